The molecule has 1 aromatic carbocycles. The molecule has 0 bridgehead atoms. The van der Waals surface area contributed by atoms with Crippen LogP contribution >= 0.6 is 11.9 Å². The Morgan fingerprint density at radius 2 is 2.25 bits per heavy atom. The first-order valence-electron chi connectivity index (χ1n) is 4.72. The molecule has 2 rings (SSSR count). The second-order valence-corrected chi connectivity index (χ2v) is 4.08. The van der Waals surface area contributed by atoms with E-state index in [-0.39, 0.29) is 0 Å². The first kappa shape index (κ1) is 10.8. The van der Waals surface area contributed by atoms with Crippen LogP contribution in [0.25, 0.3) is 0 Å². The SMILES string of the molecule is O=C(O)c1ccccc1CN1N=CC=CS1. The first-order valence-corrected chi connectivity index (χ1v) is 5.55. The molecule has 0 amide bonds. The molecule has 4 nitrogen and oxygen atoms in total. The summed E-state index contributed by atoms with van der Waals surface area (Å²) in [6, 6.07) is 6.96. The fourth-order valence-corrected chi connectivity index (χ4v) is 1.97. The molecule has 5 heteroatoms. The third kappa shape index (κ3) is 2.43. The zero-order chi connectivity index (χ0) is 11.4. The fourth-order valence-electron chi connectivity index (χ4n) is 1.37. The summed E-state index contributed by atoms with van der Waals surface area (Å²) >= 11 is 1.44. The maximum Gasteiger partial charge on any atom is 0.336 e. The molecule has 1 aliphatic heterocycles. The molecular formula is C11H10N2O2S. The van der Waals surface area contributed by atoms with Crippen LogP contribution < -0.4 is 0 Å². The smallest absolute Gasteiger partial charge is 0.336 e. The number of aromatic carboxylic acids is 1. The van der Waals surface area contributed by atoms with Gasteiger partial charge in [0.25, 0.3) is 0 Å². The standard InChI is InChI=1S/C11H10N2O2S/c14-11(15)10-5-2-1-4-9(10)8-13-12-6-3-7-16-13/h1-7H,8H2,(H,14,15). The van der Waals surface area contributed by atoms with Crippen LogP contribution in [0.3, 0.4) is 0 Å². The number of carboxylic acid groups (broad SMARTS) is 1. The molecule has 0 fully saturated rings. The maximum absolute atomic E-state index is 11.0. The second-order valence-electron chi connectivity index (χ2n) is 3.17. The van der Waals surface area contributed by atoms with Gasteiger partial charge in [-0.3, -0.25) is 0 Å². The van der Waals surface area contributed by atoms with Crippen molar-refractivity contribution in [1.29, 1.82) is 0 Å². The second kappa shape index (κ2) is 4.85. The third-order valence-corrected chi connectivity index (χ3v) is 2.84. The van der Waals surface area contributed by atoms with Crippen LogP contribution in [-0.4, -0.2) is 21.7 Å². The van der Waals surface area contributed by atoms with Crippen LogP contribution in [0, 0.1) is 0 Å². The van der Waals surface area contributed by atoms with E-state index < -0.39 is 5.97 Å². The van der Waals surface area contributed by atoms with Crippen molar-refractivity contribution < 1.29 is 9.90 Å². The first-order chi connectivity index (χ1) is 7.77. The molecule has 1 heterocycles. The van der Waals surface area contributed by atoms with Gasteiger partial charge in [0.05, 0.1) is 12.1 Å². The highest BCUT2D eigenvalue weighted by molar-refractivity contribution is 7.99. The summed E-state index contributed by atoms with van der Waals surface area (Å²) in [5.41, 5.74) is 1.09. The largest absolute Gasteiger partial charge is 0.478 e. The Kier molecular flexibility index (Phi) is 3.26. The number of hydrogen-bond donors (Lipinski definition) is 1. The maximum atomic E-state index is 11.0. The molecule has 0 aliphatic carbocycles. The van der Waals surface area contributed by atoms with Gasteiger partial charge in [-0.1, -0.05) is 18.2 Å². The Morgan fingerprint density at radius 1 is 1.44 bits per heavy atom. The van der Waals surface area contributed by atoms with Crippen molar-refractivity contribution in [2.45, 2.75) is 6.54 Å². The summed E-state index contributed by atoms with van der Waals surface area (Å²) < 4.78 is 1.74. The van der Waals surface area contributed by atoms with E-state index >= 15 is 0 Å². The Hall–Kier alpha value is -1.75. The zero-order valence-electron chi connectivity index (χ0n) is 8.41. The molecule has 0 spiro atoms. The molecule has 82 valence electrons. The van der Waals surface area contributed by atoms with Crippen molar-refractivity contribution in [3.05, 3.63) is 46.9 Å². The number of carboxylic acids is 1. The molecule has 1 aliphatic rings. The quantitative estimate of drug-likeness (QED) is 0.816. The van der Waals surface area contributed by atoms with Crippen LogP contribution in [0.5, 0.6) is 0 Å². The summed E-state index contributed by atoms with van der Waals surface area (Å²) in [6.45, 7) is 0.480. The lowest BCUT2D eigenvalue weighted by atomic mass is 10.1. The van der Waals surface area contributed by atoms with E-state index in [1.807, 2.05) is 17.6 Å². The van der Waals surface area contributed by atoms with Gasteiger partial charge in [0.1, 0.15) is 0 Å². The van der Waals surface area contributed by atoms with Crippen LogP contribution in [-0.2, 0) is 6.54 Å². The van der Waals surface area contributed by atoms with Gasteiger partial charge in [-0.25, -0.2) is 9.21 Å². The normalized spacial score (nSPS) is 14.1. The number of benzene rings is 1. The topological polar surface area (TPSA) is 52.9 Å². The van der Waals surface area contributed by atoms with Gasteiger partial charge in [0.15, 0.2) is 0 Å². The highest BCUT2D eigenvalue weighted by Crippen LogP contribution is 2.20. The lowest BCUT2D eigenvalue weighted by molar-refractivity contribution is 0.0695. The molecule has 16 heavy (non-hydrogen) atoms. The number of carbonyl (C=O) groups is 1. The van der Waals surface area contributed by atoms with Gasteiger partial charge in [-0.2, -0.15) is 5.10 Å². The van der Waals surface area contributed by atoms with Crippen LogP contribution in [0.15, 0.2) is 40.9 Å². The van der Waals surface area contributed by atoms with Gasteiger partial charge in [-0.05, 0) is 35.1 Å². The number of allylic oxidation sites excluding steroid dienone is 1. The predicted molar refractivity (Wildman–Crippen MR) is 64.2 cm³/mol. The molecule has 1 aromatic rings. The van der Waals surface area contributed by atoms with Crippen molar-refractivity contribution >= 4 is 24.1 Å². The van der Waals surface area contributed by atoms with E-state index in [9.17, 15) is 4.79 Å². The number of hydrogen-bond acceptors (Lipinski definition) is 4. The summed E-state index contributed by atoms with van der Waals surface area (Å²) in [4.78, 5) is 11.0. The lowest BCUT2D eigenvalue weighted by Gasteiger charge is -2.18. The minimum Gasteiger partial charge on any atom is -0.478 e. The van der Waals surface area contributed by atoms with Crippen LogP contribution in [0.4, 0.5) is 0 Å². The number of hydrazone groups is 1. The lowest BCUT2D eigenvalue weighted by Crippen LogP contribution is -2.12. The summed E-state index contributed by atoms with van der Waals surface area (Å²) in [7, 11) is 0. The molecule has 0 radical (unpaired) electrons. The van der Waals surface area contributed by atoms with Crippen molar-refractivity contribution in [2.24, 2.45) is 5.10 Å². The third-order valence-electron chi connectivity index (χ3n) is 2.10. The van der Waals surface area contributed by atoms with Gasteiger partial charge in [-0.15, -0.1) is 0 Å². The molecule has 0 atom stereocenters. The van der Waals surface area contributed by atoms with Gasteiger partial charge < -0.3 is 5.11 Å². The zero-order valence-corrected chi connectivity index (χ0v) is 9.22. The van der Waals surface area contributed by atoms with E-state index in [0.717, 1.165) is 5.56 Å². The van der Waals surface area contributed by atoms with E-state index in [2.05, 4.69) is 5.10 Å². The Balaban J connectivity index is 2.17. The van der Waals surface area contributed by atoms with Gasteiger partial charge >= 0.3 is 5.97 Å². The summed E-state index contributed by atoms with van der Waals surface area (Å²) in [5.74, 6) is -0.905. The molecule has 0 saturated heterocycles. The average Bonchev–Trinajstić information content (AvgIpc) is 2.31. The minimum absolute atomic E-state index is 0.327. The molecule has 1 N–H and O–H groups in total. The summed E-state index contributed by atoms with van der Waals surface area (Å²) in [5, 5.41) is 15.0. The monoisotopic (exact) mass is 234 g/mol. The Labute approximate surface area is 97.4 Å². The van der Waals surface area contributed by atoms with E-state index in [0.29, 0.717) is 12.1 Å². The number of nitrogens with zero attached hydrogens (tertiary/aromatic N) is 2. The fraction of sp³-hybridized carbons (Fsp3) is 0.0909. The highest BCUT2D eigenvalue weighted by atomic mass is 32.2. The molecule has 0 unspecified atom stereocenters. The van der Waals surface area contributed by atoms with Crippen molar-refractivity contribution in [2.75, 3.05) is 0 Å². The van der Waals surface area contributed by atoms with E-state index in [1.54, 1.807) is 28.8 Å². The molecule has 0 aromatic heterocycles. The molecule has 0 saturated carbocycles. The summed E-state index contributed by atoms with van der Waals surface area (Å²) in [6.07, 6.45) is 3.52. The van der Waals surface area contributed by atoms with Crippen molar-refractivity contribution in [1.82, 2.24) is 4.41 Å². The van der Waals surface area contributed by atoms with Gasteiger partial charge in [0.2, 0.25) is 0 Å². The van der Waals surface area contributed by atoms with Crippen LogP contribution in [0.1, 0.15) is 15.9 Å². The predicted octanol–water partition coefficient (Wildman–Crippen LogP) is 2.35. The number of rotatable bonds is 3. The average molecular weight is 234 g/mol. The Bertz CT molecular complexity index is 457. The minimum atomic E-state index is -0.905. The molecular weight excluding hydrogens is 224 g/mol. The Morgan fingerprint density at radius 3 is 2.94 bits per heavy atom. The van der Waals surface area contributed by atoms with Crippen LogP contribution in [0.2, 0.25) is 0 Å². The van der Waals surface area contributed by atoms with Crippen molar-refractivity contribution in [3.63, 3.8) is 0 Å². The van der Waals surface area contributed by atoms with Gasteiger partial charge in [0, 0.05) is 6.21 Å². The highest BCUT2D eigenvalue weighted by Gasteiger charge is 2.12. The van der Waals surface area contributed by atoms with E-state index in [4.69, 9.17) is 5.11 Å². The van der Waals surface area contributed by atoms with Crippen molar-refractivity contribution in [3.8, 4) is 0 Å². The van der Waals surface area contributed by atoms with E-state index in [1.165, 1.54) is 11.9 Å².